The average molecular weight is 455 g/mol. The molecule has 27 heavy (non-hydrogen) atoms. The first-order valence-electron chi connectivity index (χ1n) is 9.53. The summed E-state index contributed by atoms with van der Waals surface area (Å²) >= 11 is 4.64. The molecular formula is C19H27BrN4O2S. The van der Waals surface area contributed by atoms with Crippen LogP contribution in [0.15, 0.2) is 27.5 Å². The number of likely N-dealkylation sites (N-methyl/N-ethyl adjacent to an activating group) is 1. The lowest BCUT2D eigenvalue weighted by atomic mass is 10.3. The van der Waals surface area contributed by atoms with Crippen LogP contribution in [-0.4, -0.2) is 77.5 Å². The summed E-state index contributed by atoms with van der Waals surface area (Å²) in [4.78, 5) is 31.7. The van der Waals surface area contributed by atoms with E-state index < -0.39 is 0 Å². The first-order chi connectivity index (χ1) is 13.0. The predicted molar refractivity (Wildman–Crippen MR) is 115 cm³/mol. The van der Waals surface area contributed by atoms with E-state index >= 15 is 0 Å². The van der Waals surface area contributed by atoms with Gasteiger partial charge in [-0.3, -0.25) is 19.1 Å². The van der Waals surface area contributed by atoms with Gasteiger partial charge >= 0.3 is 4.87 Å². The normalized spacial score (nSPS) is 15.8. The zero-order valence-corrected chi connectivity index (χ0v) is 18.4. The van der Waals surface area contributed by atoms with Crippen molar-refractivity contribution in [3.8, 4) is 0 Å². The molecule has 1 saturated heterocycles. The van der Waals surface area contributed by atoms with Crippen LogP contribution in [-0.2, 0) is 11.3 Å². The second-order valence-electron chi connectivity index (χ2n) is 6.82. The Labute approximate surface area is 172 Å². The lowest BCUT2D eigenvalue weighted by molar-refractivity contribution is -0.133. The molecular weight excluding hydrogens is 428 g/mol. The number of rotatable bonds is 7. The highest BCUT2D eigenvalue weighted by molar-refractivity contribution is 9.10. The summed E-state index contributed by atoms with van der Waals surface area (Å²) < 4.78 is 3.42. The molecule has 0 N–H and O–H groups in total. The maximum Gasteiger partial charge on any atom is 0.308 e. The third-order valence-electron chi connectivity index (χ3n) is 5.27. The fourth-order valence-corrected chi connectivity index (χ4v) is 4.68. The van der Waals surface area contributed by atoms with Crippen LogP contribution in [0.1, 0.15) is 13.8 Å². The van der Waals surface area contributed by atoms with Gasteiger partial charge in [-0.25, -0.2) is 0 Å². The van der Waals surface area contributed by atoms with Crippen molar-refractivity contribution in [3.63, 3.8) is 0 Å². The van der Waals surface area contributed by atoms with E-state index in [0.29, 0.717) is 0 Å². The van der Waals surface area contributed by atoms with Crippen molar-refractivity contribution in [2.24, 2.45) is 0 Å². The molecule has 1 aliphatic rings. The van der Waals surface area contributed by atoms with Gasteiger partial charge in [-0.1, -0.05) is 41.1 Å². The molecule has 0 radical (unpaired) electrons. The molecule has 1 aromatic heterocycles. The first kappa shape index (κ1) is 20.5. The SMILES string of the molecule is CCN(CC)CCN1CCN(C(=O)Cn2c(=O)sc3ccc(Br)cc32)CC1. The number of amides is 1. The van der Waals surface area contributed by atoms with Crippen molar-refractivity contribution in [2.75, 3.05) is 52.4 Å². The minimum absolute atomic E-state index is 0.0279. The number of halogens is 1. The minimum Gasteiger partial charge on any atom is -0.339 e. The highest BCUT2D eigenvalue weighted by Gasteiger charge is 2.22. The molecule has 1 amide bonds. The number of aromatic nitrogens is 1. The lowest BCUT2D eigenvalue weighted by Crippen LogP contribution is -2.51. The summed E-state index contributed by atoms with van der Waals surface area (Å²) in [6, 6.07) is 5.74. The van der Waals surface area contributed by atoms with Gasteiger partial charge in [0.15, 0.2) is 0 Å². The van der Waals surface area contributed by atoms with Crippen molar-refractivity contribution < 1.29 is 4.79 Å². The second-order valence-corrected chi connectivity index (χ2v) is 8.72. The smallest absolute Gasteiger partial charge is 0.308 e. The molecule has 0 saturated carbocycles. The number of hydrogen-bond donors (Lipinski definition) is 0. The summed E-state index contributed by atoms with van der Waals surface area (Å²) in [5.41, 5.74) is 0.825. The average Bonchev–Trinajstić information content (AvgIpc) is 2.98. The van der Waals surface area contributed by atoms with Crippen LogP contribution in [0.3, 0.4) is 0 Å². The fraction of sp³-hybridized carbons (Fsp3) is 0.579. The van der Waals surface area contributed by atoms with Crippen LogP contribution in [0.4, 0.5) is 0 Å². The van der Waals surface area contributed by atoms with Gasteiger partial charge in [0.1, 0.15) is 6.54 Å². The molecule has 0 spiro atoms. The third kappa shape index (κ3) is 4.99. The number of nitrogens with zero attached hydrogens (tertiary/aromatic N) is 4. The number of thiazole rings is 1. The van der Waals surface area contributed by atoms with Gasteiger partial charge in [0.2, 0.25) is 5.91 Å². The Morgan fingerprint density at radius 1 is 1.19 bits per heavy atom. The highest BCUT2D eigenvalue weighted by atomic mass is 79.9. The van der Waals surface area contributed by atoms with Crippen LogP contribution in [0, 0.1) is 0 Å². The summed E-state index contributed by atoms with van der Waals surface area (Å²) in [6.07, 6.45) is 0. The molecule has 8 heteroatoms. The zero-order chi connectivity index (χ0) is 19.4. The molecule has 1 fully saturated rings. The number of benzene rings is 1. The molecule has 0 unspecified atom stereocenters. The van der Waals surface area contributed by atoms with Gasteiger partial charge in [-0.15, -0.1) is 0 Å². The van der Waals surface area contributed by atoms with Gasteiger partial charge in [0.25, 0.3) is 0 Å². The van der Waals surface area contributed by atoms with E-state index in [-0.39, 0.29) is 17.3 Å². The molecule has 1 aromatic carbocycles. The van der Waals surface area contributed by atoms with Crippen LogP contribution < -0.4 is 4.87 Å². The number of piperazine rings is 1. The Bertz CT molecular complexity index is 838. The summed E-state index contributed by atoms with van der Waals surface area (Å²) in [6.45, 7) is 12.0. The van der Waals surface area contributed by atoms with E-state index in [1.807, 2.05) is 23.1 Å². The Kier molecular flexibility index (Phi) is 7.08. The Morgan fingerprint density at radius 2 is 1.89 bits per heavy atom. The fourth-order valence-electron chi connectivity index (χ4n) is 3.46. The Balaban J connectivity index is 1.57. The summed E-state index contributed by atoms with van der Waals surface area (Å²) in [5.74, 6) is 0.0279. The number of carbonyl (C=O) groups is 1. The van der Waals surface area contributed by atoms with Crippen molar-refractivity contribution >= 4 is 43.4 Å². The number of carbonyl (C=O) groups excluding carboxylic acids is 1. The van der Waals surface area contributed by atoms with Crippen molar-refractivity contribution in [1.29, 1.82) is 0 Å². The predicted octanol–water partition coefficient (Wildman–Crippen LogP) is 2.31. The van der Waals surface area contributed by atoms with Crippen LogP contribution in [0.25, 0.3) is 10.2 Å². The standard InChI is InChI=1S/C19H27BrN4O2S/c1-3-21(4-2)7-8-22-9-11-23(12-10-22)18(25)14-24-16-13-15(20)5-6-17(16)27-19(24)26/h5-6,13H,3-4,7-12,14H2,1-2H3. The molecule has 1 aliphatic heterocycles. The molecule has 148 valence electrons. The largest absolute Gasteiger partial charge is 0.339 e. The summed E-state index contributed by atoms with van der Waals surface area (Å²) in [5, 5.41) is 0. The van der Waals surface area contributed by atoms with Gasteiger partial charge in [0, 0.05) is 43.7 Å². The van der Waals surface area contributed by atoms with Gasteiger partial charge in [-0.05, 0) is 31.3 Å². The van der Waals surface area contributed by atoms with E-state index in [1.165, 1.54) is 11.3 Å². The maximum absolute atomic E-state index is 12.7. The second kappa shape index (κ2) is 9.32. The van der Waals surface area contributed by atoms with Crippen molar-refractivity contribution in [3.05, 3.63) is 32.3 Å². The van der Waals surface area contributed by atoms with Crippen LogP contribution >= 0.6 is 27.3 Å². The van der Waals surface area contributed by atoms with Crippen LogP contribution in [0.2, 0.25) is 0 Å². The molecule has 3 rings (SSSR count). The van der Waals surface area contributed by atoms with E-state index in [4.69, 9.17) is 0 Å². The van der Waals surface area contributed by atoms with E-state index in [1.54, 1.807) is 4.57 Å². The molecule has 0 aliphatic carbocycles. The lowest BCUT2D eigenvalue weighted by Gasteiger charge is -2.35. The third-order valence-corrected chi connectivity index (χ3v) is 6.73. The zero-order valence-electron chi connectivity index (χ0n) is 16.0. The Hall–Kier alpha value is -1.22. The quantitative estimate of drug-likeness (QED) is 0.643. The molecule has 0 atom stereocenters. The topological polar surface area (TPSA) is 48.8 Å². The monoisotopic (exact) mass is 454 g/mol. The van der Waals surface area contributed by atoms with Crippen LogP contribution in [0.5, 0.6) is 0 Å². The molecule has 2 heterocycles. The van der Waals surface area contributed by atoms with Gasteiger partial charge in [-0.2, -0.15) is 0 Å². The van der Waals surface area contributed by atoms with E-state index in [9.17, 15) is 9.59 Å². The number of fused-ring (bicyclic) bond motifs is 1. The van der Waals surface area contributed by atoms with E-state index in [2.05, 4.69) is 39.6 Å². The number of hydrogen-bond acceptors (Lipinski definition) is 5. The Morgan fingerprint density at radius 3 is 2.56 bits per heavy atom. The minimum atomic E-state index is -0.0747. The molecule has 0 bridgehead atoms. The molecule has 6 nitrogen and oxygen atoms in total. The van der Waals surface area contributed by atoms with Gasteiger partial charge < -0.3 is 9.80 Å². The highest BCUT2D eigenvalue weighted by Crippen LogP contribution is 2.22. The van der Waals surface area contributed by atoms with Crippen molar-refractivity contribution in [1.82, 2.24) is 19.3 Å². The molecule has 2 aromatic rings. The van der Waals surface area contributed by atoms with Gasteiger partial charge in [0.05, 0.1) is 10.2 Å². The first-order valence-corrected chi connectivity index (χ1v) is 11.1. The van der Waals surface area contributed by atoms with E-state index in [0.717, 1.165) is 67.0 Å². The maximum atomic E-state index is 12.7. The summed E-state index contributed by atoms with van der Waals surface area (Å²) in [7, 11) is 0. The van der Waals surface area contributed by atoms with Crippen molar-refractivity contribution in [2.45, 2.75) is 20.4 Å².